The number of rotatable bonds is 8. The fourth-order valence-electron chi connectivity index (χ4n) is 2.72. The summed E-state index contributed by atoms with van der Waals surface area (Å²) < 4.78 is 51.1. The number of hydrogen-bond acceptors (Lipinski definition) is 9. The van der Waals surface area contributed by atoms with Gasteiger partial charge in [-0.05, 0) is 30.7 Å². The van der Waals surface area contributed by atoms with E-state index in [0.29, 0.717) is 6.20 Å². The first kappa shape index (κ1) is 24.2. The van der Waals surface area contributed by atoms with Crippen molar-refractivity contribution in [2.45, 2.75) is 13.1 Å². The number of nitrogens with zero attached hydrogens (tertiary/aromatic N) is 4. The Labute approximate surface area is 192 Å². The van der Waals surface area contributed by atoms with E-state index in [1.165, 1.54) is 26.5 Å². The summed E-state index contributed by atoms with van der Waals surface area (Å²) >= 11 is 0. The van der Waals surface area contributed by atoms with Gasteiger partial charge in [-0.1, -0.05) is 12.6 Å². The number of alkyl halides is 3. The number of halogens is 3. The Morgan fingerprint density at radius 2 is 1.79 bits per heavy atom. The first-order valence-corrected chi connectivity index (χ1v) is 9.62. The second-order valence-electron chi connectivity index (χ2n) is 6.72. The van der Waals surface area contributed by atoms with E-state index in [1.54, 1.807) is 19.1 Å². The van der Waals surface area contributed by atoms with Crippen molar-refractivity contribution in [3.63, 3.8) is 0 Å². The molecule has 0 aliphatic carbocycles. The highest BCUT2D eigenvalue weighted by Gasteiger charge is 2.35. The number of methoxy groups -OCH3 is 2. The van der Waals surface area contributed by atoms with Crippen molar-refractivity contribution in [1.82, 2.24) is 19.9 Å². The lowest BCUT2D eigenvalue weighted by Gasteiger charge is -2.17. The summed E-state index contributed by atoms with van der Waals surface area (Å²) in [4.78, 5) is 27.5. The zero-order valence-electron chi connectivity index (χ0n) is 18.3. The molecule has 3 rings (SSSR count). The zero-order chi connectivity index (χ0) is 24.9. The van der Waals surface area contributed by atoms with Crippen molar-refractivity contribution in [2.75, 3.05) is 30.2 Å². The molecule has 0 radical (unpaired) electrons. The van der Waals surface area contributed by atoms with Crippen molar-refractivity contribution in [3.8, 4) is 11.8 Å². The molecule has 0 saturated heterocycles. The van der Waals surface area contributed by atoms with Gasteiger partial charge in [0.15, 0.2) is 11.6 Å². The summed E-state index contributed by atoms with van der Waals surface area (Å²) in [6.45, 7) is 5.15. The minimum Gasteiger partial charge on any atom is -0.491 e. The molecule has 0 saturated carbocycles. The smallest absolute Gasteiger partial charge is 0.421 e. The van der Waals surface area contributed by atoms with Crippen LogP contribution in [0.5, 0.6) is 11.8 Å². The molecular weight excluding hydrogens is 455 g/mol. The number of benzene rings is 1. The highest BCUT2D eigenvalue weighted by atomic mass is 19.4. The molecule has 34 heavy (non-hydrogen) atoms. The first-order valence-electron chi connectivity index (χ1n) is 9.62. The summed E-state index contributed by atoms with van der Waals surface area (Å²) in [5, 5.41) is 7.89. The van der Waals surface area contributed by atoms with Crippen LogP contribution in [0.25, 0.3) is 0 Å². The topological polar surface area (TPSA) is 123 Å². The van der Waals surface area contributed by atoms with Crippen LogP contribution in [0, 0.1) is 6.92 Å². The average molecular weight is 475 g/mol. The van der Waals surface area contributed by atoms with Gasteiger partial charge in [0, 0.05) is 6.20 Å². The summed E-state index contributed by atoms with van der Waals surface area (Å²) in [6, 6.07) is 4.77. The third-order valence-electron chi connectivity index (χ3n) is 4.33. The number of ether oxygens (including phenoxy) is 2. The molecule has 13 heteroatoms. The van der Waals surface area contributed by atoms with Crippen LogP contribution in [0.15, 0.2) is 43.2 Å². The average Bonchev–Trinajstić information content (AvgIpc) is 2.80. The van der Waals surface area contributed by atoms with Gasteiger partial charge in [0.25, 0.3) is 0 Å². The number of aromatic nitrogens is 4. The molecular formula is C21H20F3N7O3. The maximum Gasteiger partial charge on any atom is 0.421 e. The number of anilines is 5. The van der Waals surface area contributed by atoms with E-state index in [2.05, 4.69) is 42.5 Å². The molecule has 0 atom stereocenters. The molecule has 0 bridgehead atoms. The molecule has 0 aliphatic heterocycles. The third kappa shape index (κ3) is 5.68. The standard InChI is InChI=1S/C21H20F3N7O3/c1-5-16(32)27-14-8-11(2)6-7-13(14)28-17-12(21(22,23)24)9-25-19(29-17)30-18-15(33-3)10-26-20(31-18)34-4/h5-10H,1H2,2-4H3,(H,27,32)(H2,25,26,28,29,30,31). The molecule has 0 fully saturated rings. The summed E-state index contributed by atoms with van der Waals surface area (Å²) in [5.41, 5.74) is 0.0771. The molecule has 0 spiro atoms. The highest BCUT2D eigenvalue weighted by Crippen LogP contribution is 2.37. The highest BCUT2D eigenvalue weighted by molar-refractivity contribution is 6.01. The van der Waals surface area contributed by atoms with Gasteiger partial charge in [0.05, 0.1) is 31.8 Å². The van der Waals surface area contributed by atoms with Crippen molar-refractivity contribution < 1.29 is 27.4 Å². The van der Waals surface area contributed by atoms with Gasteiger partial charge < -0.3 is 25.4 Å². The Morgan fingerprint density at radius 3 is 2.44 bits per heavy atom. The van der Waals surface area contributed by atoms with Crippen LogP contribution < -0.4 is 25.4 Å². The van der Waals surface area contributed by atoms with Crippen molar-refractivity contribution in [2.24, 2.45) is 0 Å². The van der Waals surface area contributed by atoms with E-state index in [-0.39, 0.29) is 34.9 Å². The van der Waals surface area contributed by atoms with Gasteiger partial charge in [-0.25, -0.2) is 4.98 Å². The Bertz CT molecular complexity index is 1220. The molecule has 10 nitrogen and oxygen atoms in total. The number of amides is 1. The van der Waals surface area contributed by atoms with Crippen LogP contribution in [0.2, 0.25) is 0 Å². The molecule has 0 aliphatic rings. The molecule has 0 unspecified atom stereocenters. The lowest BCUT2D eigenvalue weighted by Crippen LogP contribution is -2.14. The SMILES string of the molecule is C=CC(=O)Nc1cc(C)ccc1Nc1nc(Nc2nc(OC)ncc2OC)ncc1C(F)(F)F. The lowest BCUT2D eigenvalue weighted by molar-refractivity contribution is -0.137. The first-order chi connectivity index (χ1) is 16.1. The summed E-state index contributed by atoms with van der Waals surface area (Å²) in [5.74, 6) is -1.03. The van der Waals surface area contributed by atoms with Crippen LogP contribution in [0.4, 0.5) is 42.1 Å². The largest absolute Gasteiger partial charge is 0.491 e. The van der Waals surface area contributed by atoms with E-state index in [9.17, 15) is 18.0 Å². The number of carbonyl (C=O) groups is 1. The summed E-state index contributed by atoms with van der Waals surface area (Å²) in [6.07, 6.45) is -1.77. The van der Waals surface area contributed by atoms with E-state index in [4.69, 9.17) is 9.47 Å². The second-order valence-corrected chi connectivity index (χ2v) is 6.72. The van der Waals surface area contributed by atoms with Crippen LogP contribution in [0.3, 0.4) is 0 Å². The number of aryl methyl sites for hydroxylation is 1. The van der Waals surface area contributed by atoms with Crippen LogP contribution >= 0.6 is 0 Å². The molecule has 178 valence electrons. The molecule has 3 N–H and O–H groups in total. The van der Waals surface area contributed by atoms with E-state index < -0.39 is 23.5 Å². The Hall–Kier alpha value is -4.42. The van der Waals surface area contributed by atoms with Gasteiger partial charge in [-0.2, -0.15) is 28.1 Å². The monoisotopic (exact) mass is 475 g/mol. The predicted octanol–water partition coefficient (Wildman–Crippen LogP) is 4.22. The molecule has 1 amide bonds. The fraction of sp³-hybridized carbons (Fsp3) is 0.190. The summed E-state index contributed by atoms with van der Waals surface area (Å²) in [7, 11) is 2.72. The van der Waals surface area contributed by atoms with Gasteiger partial charge in [0.2, 0.25) is 11.9 Å². The molecule has 3 aromatic rings. The molecule has 2 aromatic heterocycles. The normalized spacial score (nSPS) is 10.9. The number of nitrogens with one attached hydrogen (secondary N) is 3. The van der Waals surface area contributed by atoms with Crippen LogP contribution in [0.1, 0.15) is 11.1 Å². The van der Waals surface area contributed by atoms with Crippen molar-refractivity contribution in [1.29, 1.82) is 0 Å². The number of carbonyl (C=O) groups excluding carboxylic acids is 1. The Kier molecular flexibility index (Phi) is 7.14. The van der Waals surface area contributed by atoms with Gasteiger partial charge >= 0.3 is 12.2 Å². The maximum absolute atomic E-state index is 13.7. The molecule has 2 heterocycles. The van der Waals surface area contributed by atoms with Crippen LogP contribution in [-0.4, -0.2) is 40.1 Å². The van der Waals surface area contributed by atoms with Crippen LogP contribution in [-0.2, 0) is 11.0 Å². The third-order valence-corrected chi connectivity index (χ3v) is 4.33. The molecule has 1 aromatic carbocycles. The van der Waals surface area contributed by atoms with Gasteiger partial charge in [0.1, 0.15) is 11.4 Å². The second kappa shape index (κ2) is 10.0. The zero-order valence-corrected chi connectivity index (χ0v) is 18.3. The van der Waals surface area contributed by atoms with Crippen molar-refractivity contribution >= 4 is 34.9 Å². The Morgan fingerprint density at radius 1 is 1.03 bits per heavy atom. The van der Waals surface area contributed by atoms with Crippen molar-refractivity contribution in [3.05, 3.63) is 54.4 Å². The van der Waals surface area contributed by atoms with E-state index in [0.717, 1.165) is 11.6 Å². The van der Waals surface area contributed by atoms with Gasteiger partial charge in [-0.3, -0.25) is 4.79 Å². The fourth-order valence-corrected chi connectivity index (χ4v) is 2.72. The Balaban J connectivity index is 2.04. The van der Waals surface area contributed by atoms with Gasteiger partial charge in [-0.15, -0.1) is 0 Å². The quantitative estimate of drug-likeness (QED) is 0.411. The van der Waals surface area contributed by atoms with E-state index in [1.807, 2.05) is 0 Å². The van der Waals surface area contributed by atoms with E-state index >= 15 is 0 Å². The minimum atomic E-state index is -4.76. The lowest BCUT2D eigenvalue weighted by atomic mass is 10.1. The predicted molar refractivity (Wildman–Crippen MR) is 119 cm³/mol. The number of hydrogen-bond donors (Lipinski definition) is 3. The maximum atomic E-state index is 13.7. The minimum absolute atomic E-state index is 0.00387.